The van der Waals surface area contributed by atoms with E-state index in [9.17, 15) is 4.39 Å². The number of unbranched alkanes of at least 4 members (excludes halogenated alkanes) is 1. The summed E-state index contributed by atoms with van der Waals surface area (Å²) in [4.78, 5) is 10.5. The zero-order valence-corrected chi connectivity index (χ0v) is 19.6. The van der Waals surface area contributed by atoms with Crippen molar-refractivity contribution in [2.45, 2.75) is 19.8 Å². The molecule has 30 heavy (non-hydrogen) atoms. The lowest BCUT2D eigenvalue weighted by molar-refractivity contribution is 0.289. The number of anilines is 2. The van der Waals surface area contributed by atoms with Gasteiger partial charge in [-0.15, -0.1) is 0 Å². The number of hydrogen-bond donors (Lipinski definition) is 1. The summed E-state index contributed by atoms with van der Waals surface area (Å²) in [5, 5.41) is 3.74. The lowest BCUT2D eigenvalue weighted by atomic mass is 10.2. The van der Waals surface area contributed by atoms with Crippen LogP contribution >= 0.6 is 15.9 Å². The van der Waals surface area contributed by atoms with Crippen LogP contribution in [-0.4, -0.2) is 49.7 Å². The normalized spacial score (nSPS) is 10.5. The van der Waals surface area contributed by atoms with E-state index in [4.69, 9.17) is 9.47 Å². The molecule has 3 aromatic rings. The first-order valence-corrected chi connectivity index (χ1v) is 10.4. The number of ether oxygens (including phenoxy) is 2. The molecule has 2 aromatic carbocycles. The van der Waals surface area contributed by atoms with Gasteiger partial charge in [-0.25, -0.2) is 14.4 Å². The molecule has 1 aromatic heterocycles. The predicted octanol–water partition coefficient (Wildman–Crippen LogP) is 5.64. The van der Waals surface area contributed by atoms with Crippen LogP contribution in [0.2, 0.25) is 0 Å². The van der Waals surface area contributed by atoms with Crippen molar-refractivity contribution in [3.05, 3.63) is 46.9 Å². The van der Waals surface area contributed by atoms with Crippen molar-refractivity contribution in [3.63, 3.8) is 0 Å². The minimum absolute atomic E-state index is 0.329. The van der Waals surface area contributed by atoms with Gasteiger partial charge < -0.3 is 19.7 Å². The van der Waals surface area contributed by atoms with Gasteiger partial charge in [-0.2, -0.15) is 0 Å². The molecule has 0 spiro atoms. The van der Waals surface area contributed by atoms with Crippen molar-refractivity contribution in [1.29, 1.82) is 0 Å². The second-order valence-electron chi connectivity index (χ2n) is 7.04. The Labute approximate surface area is 185 Å². The number of aromatic nitrogens is 2. The number of methoxy groups -OCH3 is 1. The Kier molecular flexibility index (Phi) is 9.26. The molecule has 162 valence electrons. The van der Waals surface area contributed by atoms with Crippen LogP contribution in [0.25, 0.3) is 10.9 Å². The molecule has 0 atom stereocenters. The molecule has 1 heterocycles. The summed E-state index contributed by atoms with van der Waals surface area (Å²) in [7, 11) is 7.58. The summed E-state index contributed by atoms with van der Waals surface area (Å²) in [5.74, 6) is 1.34. The van der Waals surface area contributed by atoms with Crippen molar-refractivity contribution in [3.8, 4) is 11.5 Å². The third-order valence-electron chi connectivity index (χ3n) is 3.86. The molecule has 0 radical (unpaired) electrons. The van der Waals surface area contributed by atoms with E-state index in [-0.39, 0.29) is 5.82 Å². The number of benzene rings is 2. The van der Waals surface area contributed by atoms with Crippen LogP contribution < -0.4 is 14.8 Å². The second kappa shape index (κ2) is 11.7. The van der Waals surface area contributed by atoms with E-state index in [2.05, 4.69) is 38.1 Å². The first kappa shape index (κ1) is 23.8. The van der Waals surface area contributed by atoms with E-state index < -0.39 is 0 Å². The van der Waals surface area contributed by atoms with Gasteiger partial charge in [0.1, 0.15) is 18.0 Å². The van der Waals surface area contributed by atoms with Gasteiger partial charge >= 0.3 is 0 Å². The lowest BCUT2D eigenvalue weighted by Gasteiger charge is -2.14. The van der Waals surface area contributed by atoms with E-state index in [1.54, 1.807) is 25.3 Å². The molecule has 0 aliphatic heterocycles. The molecule has 0 aliphatic rings. The first-order chi connectivity index (χ1) is 14.3. The first-order valence-electron chi connectivity index (χ1n) is 9.64. The molecule has 6 nitrogen and oxygen atoms in total. The quantitative estimate of drug-likeness (QED) is 0.443. The van der Waals surface area contributed by atoms with E-state index in [1.807, 2.05) is 32.1 Å². The molecule has 0 amide bonds. The van der Waals surface area contributed by atoms with Crippen LogP contribution in [-0.2, 0) is 0 Å². The van der Waals surface area contributed by atoms with Gasteiger partial charge in [0.2, 0.25) is 0 Å². The van der Waals surface area contributed by atoms with Gasteiger partial charge in [-0.1, -0.05) is 29.3 Å². The van der Waals surface area contributed by atoms with Crippen molar-refractivity contribution < 1.29 is 13.9 Å². The van der Waals surface area contributed by atoms with Gasteiger partial charge in [-0.3, -0.25) is 0 Å². The van der Waals surface area contributed by atoms with Crippen LogP contribution in [0.15, 0.2) is 41.1 Å². The van der Waals surface area contributed by atoms with E-state index in [1.165, 1.54) is 12.4 Å². The number of nitrogens with zero attached hydrogens (tertiary/aromatic N) is 3. The minimum Gasteiger partial charge on any atom is -0.493 e. The molecule has 0 bridgehead atoms. The highest BCUT2D eigenvalue weighted by Gasteiger charge is 2.13. The Morgan fingerprint density at radius 2 is 1.83 bits per heavy atom. The number of halogens is 2. The molecule has 0 unspecified atom stereocenters. The average molecular weight is 479 g/mol. The second-order valence-corrected chi connectivity index (χ2v) is 7.95. The van der Waals surface area contributed by atoms with Crippen LogP contribution in [0.3, 0.4) is 0 Å². The maximum absolute atomic E-state index is 14.1. The Hall–Kier alpha value is -2.45. The van der Waals surface area contributed by atoms with Gasteiger partial charge in [-0.05, 0) is 51.8 Å². The smallest absolute Gasteiger partial charge is 0.163 e. The SMILES string of the molecule is CCCCOc1cc2ncnc(Nc3ccc(Br)cc3F)c2cc1OC.CN(C)C. The number of fused-ring (bicyclic) bond motifs is 1. The summed E-state index contributed by atoms with van der Waals surface area (Å²) in [6.07, 6.45) is 3.44. The highest BCUT2D eigenvalue weighted by Crippen LogP contribution is 2.35. The zero-order chi connectivity index (χ0) is 22.1. The predicted molar refractivity (Wildman–Crippen MR) is 123 cm³/mol. The molecular formula is C22H28BrFN4O2. The summed E-state index contributed by atoms with van der Waals surface area (Å²) in [6, 6.07) is 8.41. The molecule has 3 rings (SSSR count). The lowest BCUT2D eigenvalue weighted by Crippen LogP contribution is -2.01. The Morgan fingerprint density at radius 1 is 1.10 bits per heavy atom. The Balaban J connectivity index is 0.000000735. The van der Waals surface area contributed by atoms with Crippen LogP contribution in [0.4, 0.5) is 15.9 Å². The topological polar surface area (TPSA) is 59.5 Å². The van der Waals surface area contributed by atoms with Crippen LogP contribution in [0.5, 0.6) is 11.5 Å². The summed E-state index contributed by atoms with van der Waals surface area (Å²) in [6.45, 7) is 2.71. The van der Waals surface area contributed by atoms with E-state index in [0.717, 1.165) is 18.2 Å². The van der Waals surface area contributed by atoms with Crippen molar-refractivity contribution >= 4 is 38.3 Å². The zero-order valence-electron chi connectivity index (χ0n) is 18.0. The van der Waals surface area contributed by atoms with Crippen molar-refractivity contribution in [2.75, 3.05) is 40.2 Å². The third kappa shape index (κ3) is 6.81. The fourth-order valence-electron chi connectivity index (χ4n) is 2.48. The largest absolute Gasteiger partial charge is 0.493 e. The van der Waals surface area contributed by atoms with Gasteiger partial charge in [0.25, 0.3) is 0 Å². The van der Waals surface area contributed by atoms with Crippen molar-refractivity contribution in [1.82, 2.24) is 14.9 Å². The van der Waals surface area contributed by atoms with E-state index >= 15 is 0 Å². The molecular weight excluding hydrogens is 451 g/mol. The van der Waals surface area contributed by atoms with Gasteiger partial charge in [0, 0.05) is 15.9 Å². The summed E-state index contributed by atoms with van der Waals surface area (Å²) in [5.41, 5.74) is 1.02. The highest BCUT2D eigenvalue weighted by molar-refractivity contribution is 9.10. The minimum atomic E-state index is -0.377. The average Bonchev–Trinajstić information content (AvgIpc) is 2.69. The number of hydrogen-bond acceptors (Lipinski definition) is 6. The fourth-order valence-corrected chi connectivity index (χ4v) is 2.81. The fraction of sp³-hybridized carbons (Fsp3) is 0.364. The van der Waals surface area contributed by atoms with Crippen LogP contribution in [0.1, 0.15) is 19.8 Å². The van der Waals surface area contributed by atoms with Gasteiger partial charge in [0.15, 0.2) is 11.5 Å². The maximum atomic E-state index is 14.1. The molecule has 0 saturated heterocycles. The van der Waals surface area contributed by atoms with Gasteiger partial charge in [0.05, 0.1) is 24.9 Å². The Morgan fingerprint density at radius 3 is 2.47 bits per heavy atom. The highest BCUT2D eigenvalue weighted by atomic mass is 79.9. The van der Waals surface area contributed by atoms with E-state index in [0.29, 0.717) is 39.6 Å². The molecule has 1 N–H and O–H groups in total. The summed E-state index contributed by atoms with van der Waals surface area (Å²) < 4.78 is 26.0. The maximum Gasteiger partial charge on any atom is 0.163 e. The van der Waals surface area contributed by atoms with Crippen molar-refractivity contribution in [2.24, 2.45) is 0 Å². The molecule has 8 heteroatoms. The summed E-state index contributed by atoms with van der Waals surface area (Å²) >= 11 is 3.25. The molecule has 0 saturated carbocycles. The number of nitrogens with one attached hydrogen (secondary N) is 1. The van der Waals surface area contributed by atoms with Crippen LogP contribution in [0, 0.1) is 5.82 Å². The molecule has 0 fully saturated rings. The monoisotopic (exact) mass is 478 g/mol. The number of rotatable bonds is 7. The molecule has 0 aliphatic carbocycles. The third-order valence-corrected chi connectivity index (χ3v) is 4.35. The standard InChI is InChI=1S/C19H19BrFN3O2.C3H9N/c1-3-4-7-26-18-10-16-13(9-17(18)25-2)19(23-11-22-16)24-15-6-5-12(20)8-14(15)21;1-4(2)3/h5-6,8-11H,3-4,7H2,1-2H3,(H,22,23,24);1-3H3. The Bertz CT molecular complexity index is 967.